The summed E-state index contributed by atoms with van der Waals surface area (Å²) in [7, 11) is -8.03. The number of carbonyl (C=O) groups is 2. The molecule has 0 fully saturated rings. The first-order valence-corrected chi connectivity index (χ1v) is 17.2. The smallest absolute Gasteiger partial charge is 0.481 e. The first kappa shape index (κ1) is 48.2. The van der Waals surface area contributed by atoms with Crippen LogP contribution in [-0.2, 0) is 23.3 Å². The first-order chi connectivity index (χ1) is 15.2. The molecule has 0 saturated heterocycles. The molecule has 0 bridgehead atoms. The van der Waals surface area contributed by atoms with Crippen LogP contribution in [0, 0.1) is 11.8 Å². The van der Waals surface area contributed by atoms with Crippen LogP contribution >= 0.6 is 22.8 Å². The van der Waals surface area contributed by atoms with E-state index in [9.17, 15) is 18.7 Å². The third kappa shape index (κ3) is 58.7. The maximum atomic E-state index is 10.9. The SMILES string of the molecule is C.C.C=C(C)CCC.CCCC(C)CP(C)(=O)O.CP(=O)(O)CC(CCC(=O)O)C(=O)O.C[P+](=O)O. The van der Waals surface area contributed by atoms with E-state index < -0.39 is 40.6 Å². The van der Waals surface area contributed by atoms with Gasteiger partial charge in [-0.2, -0.15) is 4.89 Å². The highest BCUT2D eigenvalue weighted by atomic mass is 31.2. The Hall–Kier alpha value is -0.880. The molecule has 0 aromatic carbocycles. The number of hydrogen-bond acceptors (Lipinski definition) is 5. The number of aliphatic carboxylic acids is 2. The molecule has 0 aliphatic heterocycles. The Kier molecular flexibility index (Phi) is 36.4. The summed E-state index contributed by atoms with van der Waals surface area (Å²) in [6.45, 7) is 15.8. The summed E-state index contributed by atoms with van der Waals surface area (Å²) < 4.78 is 30.9. The molecule has 5 unspecified atom stereocenters. The van der Waals surface area contributed by atoms with Crippen molar-refractivity contribution in [3.8, 4) is 0 Å². The van der Waals surface area contributed by atoms with Crippen molar-refractivity contribution in [1.82, 2.24) is 0 Å². The summed E-state index contributed by atoms with van der Waals surface area (Å²) >= 11 is 0. The summed E-state index contributed by atoms with van der Waals surface area (Å²) in [5.41, 5.74) is 1.29. The zero-order chi connectivity index (χ0) is 28.1. The van der Waals surface area contributed by atoms with Crippen molar-refractivity contribution < 1.29 is 48.2 Å². The van der Waals surface area contributed by atoms with Gasteiger partial charge in [0, 0.05) is 32.1 Å². The van der Waals surface area contributed by atoms with Crippen LogP contribution < -0.4 is 0 Å². The van der Waals surface area contributed by atoms with Gasteiger partial charge in [-0.25, -0.2) is 0 Å². The Balaban J connectivity index is -0.0000000898. The largest absolute Gasteiger partial charge is 0.502 e. The van der Waals surface area contributed by atoms with Crippen LogP contribution in [0.5, 0.6) is 0 Å². The monoisotopic (exact) mass is 583 g/mol. The van der Waals surface area contributed by atoms with E-state index in [0.29, 0.717) is 12.1 Å². The first-order valence-electron chi connectivity index (χ1n) is 11.0. The predicted molar refractivity (Wildman–Crippen MR) is 152 cm³/mol. The third-order valence-electron chi connectivity index (χ3n) is 3.72. The van der Waals surface area contributed by atoms with Gasteiger partial charge in [0.15, 0.2) is 21.4 Å². The molecule has 0 spiro atoms. The number of carboxylic acids is 2. The normalized spacial score (nSPS) is 14.8. The Morgan fingerprint density at radius 1 is 0.917 bits per heavy atom. The second kappa shape index (κ2) is 27.2. The molecule has 0 aromatic rings. The van der Waals surface area contributed by atoms with Gasteiger partial charge in [-0.05, 0) is 30.2 Å². The van der Waals surface area contributed by atoms with Gasteiger partial charge >= 0.3 is 20.0 Å². The van der Waals surface area contributed by atoms with Crippen molar-refractivity contribution in [1.29, 1.82) is 0 Å². The van der Waals surface area contributed by atoms with Gasteiger partial charge in [-0.3, -0.25) is 18.7 Å². The summed E-state index contributed by atoms with van der Waals surface area (Å²) in [5, 5.41) is 16.9. The van der Waals surface area contributed by atoms with E-state index in [-0.39, 0.29) is 33.9 Å². The molecular weight excluding hydrogens is 529 g/mol. The number of allylic oxidation sites excluding steroid dienone is 1. The number of carboxylic acid groups (broad SMARTS) is 2. The lowest BCUT2D eigenvalue weighted by Gasteiger charge is -2.12. The molecule has 0 aliphatic carbocycles. The Bertz CT molecular complexity index is 680. The quantitative estimate of drug-likeness (QED) is 0.121. The minimum atomic E-state index is -3.41. The van der Waals surface area contributed by atoms with Crippen LogP contribution in [0.2, 0.25) is 0 Å². The van der Waals surface area contributed by atoms with Gasteiger partial charge < -0.3 is 20.0 Å². The van der Waals surface area contributed by atoms with Crippen LogP contribution in [0.1, 0.15) is 81.1 Å². The maximum Gasteiger partial charge on any atom is 0.502 e. The van der Waals surface area contributed by atoms with E-state index in [2.05, 4.69) is 27.4 Å². The molecule has 5 N–H and O–H groups in total. The predicted octanol–water partition coefficient (Wildman–Crippen LogP) is 6.76. The molecule has 0 aliphatic rings. The molecule has 0 heterocycles. The zero-order valence-electron chi connectivity index (χ0n) is 21.6. The number of rotatable bonds is 12. The highest BCUT2D eigenvalue weighted by Gasteiger charge is 2.25. The van der Waals surface area contributed by atoms with Crippen molar-refractivity contribution in [2.45, 2.75) is 81.1 Å². The number of hydrogen-bond donors (Lipinski definition) is 5. The zero-order valence-corrected chi connectivity index (χ0v) is 24.3. The summed E-state index contributed by atoms with van der Waals surface area (Å²) in [4.78, 5) is 46.2. The van der Waals surface area contributed by atoms with Crippen molar-refractivity contribution in [3.63, 3.8) is 0 Å². The standard InChI is InChI=1S/C7H13O6P.C7H17O2P.C6H12.CH3O2P.2CH4/c1-14(12,13)4-5(7(10)11)2-3-6(8)9;1-4-5-7(2)6-10(3,8)9;1-4-5-6(2)3;1-4(2)3;;/h5H,2-4H2,1H3,(H,8,9)(H,10,11)(H,12,13);7H,4-6H2,1-3H3,(H,8,9);2,4-5H2,1,3H3;1H3;2*1H4/p+1. The molecule has 5 atom stereocenters. The molecule has 0 rings (SSSR count). The second-order valence-electron chi connectivity index (χ2n) is 8.50. The van der Waals surface area contributed by atoms with Crippen LogP contribution in [0.4, 0.5) is 0 Å². The molecule has 0 radical (unpaired) electrons. The molecule has 36 heavy (non-hydrogen) atoms. The fourth-order valence-corrected chi connectivity index (χ4v) is 5.08. The van der Waals surface area contributed by atoms with Gasteiger partial charge in [0.05, 0.1) is 5.92 Å². The molecular formula is C23H54O10P3+. The van der Waals surface area contributed by atoms with E-state index in [1.54, 1.807) is 0 Å². The fraction of sp³-hybridized carbons (Fsp3) is 0.826. The average molecular weight is 584 g/mol. The summed E-state index contributed by atoms with van der Waals surface area (Å²) in [6.07, 6.45) is 4.23. The van der Waals surface area contributed by atoms with Gasteiger partial charge in [0.2, 0.25) is 0 Å². The topological polar surface area (TPSA) is 186 Å². The maximum absolute atomic E-state index is 10.9. The van der Waals surface area contributed by atoms with Gasteiger partial charge in [-0.15, -0.1) is 6.58 Å². The molecule has 220 valence electrons. The second-order valence-corrected chi connectivity index (χ2v) is 14.4. The summed E-state index contributed by atoms with van der Waals surface area (Å²) in [5.74, 6) is -3.01. The Morgan fingerprint density at radius 2 is 1.31 bits per heavy atom. The van der Waals surface area contributed by atoms with Gasteiger partial charge in [0.1, 0.15) is 0 Å². The molecule has 0 amide bonds. The van der Waals surface area contributed by atoms with Crippen molar-refractivity contribution in [3.05, 3.63) is 12.2 Å². The van der Waals surface area contributed by atoms with E-state index in [4.69, 9.17) is 29.5 Å². The van der Waals surface area contributed by atoms with Crippen LogP contribution in [0.15, 0.2) is 12.2 Å². The van der Waals surface area contributed by atoms with E-state index in [1.165, 1.54) is 31.7 Å². The highest BCUT2D eigenvalue weighted by molar-refractivity contribution is 7.57. The van der Waals surface area contributed by atoms with E-state index in [0.717, 1.165) is 19.5 Å². The lowest BCUT2D eigenvalue weighted by atomic mass is 10.1. The molecule has 13 heteroatoms. The lowest BCUT2D eigenvalue weighted by molar-refractivity contribution is -0.142. The van der Waals surface area contributed by atoms with E-state index >= 15 is 0 Å². The van der Waals surface area contributed by atoms with Crippen LogP contribution in [0.25, 0.3) is 0 Å². The van der Waals surface area contributed by atoms with Gasteiger partial charge in [0.25, 0.3) is 0 Å². The van der Waals surface area contributed by atoms with Crippen molar-refractivity contribution in [2.24, 2.45) is 11.8 Å². The Morgan fingerprint density at radius 3 is 1.50 bits per heavy atom. The average Bonchev–Trinajstić information content (AvgIpc) is 2.56. The lowest BCUT2D eigenvalue weighted by Crippen LogP contribution is -2.19. The fourth-order valence-electron chi connectivity index (χ4n) is 2.59. The highest BCUT2D eigenvalue weighted by Crippen LogP contribution is 2.39. The molecule has 10 nitrogen and oxygen atoms in total. The molecule has 0 saturated carbocycles. The van der Waals surface area contributed by atoms with Crippen molar-refractivity contribution >= 4 is 34.7 Å². The summed E-state index contributed by atoms with van der Waals surface area (Å²) in [6, 6.07) is 0. The van der Waals surface area contributed by atoms with Crippen LogP contribution in [0.3, 0.4) is 0 Å². The Labute approximate surface area is 220 Å². The van der Waals surface area contributed by atoms with Crippen molar-refractivity contribution in [2.75, 3.05) is 32.3 Å². The third-order valence-corrected chi connectivity index (χ3v) is 6.14. The minimum Gasteiger partial charge on any atom is -0.481 e. The minimum absolute atomic E-state index is 0. The van der Waals surface area contributed by atoms with Gasteiger partial charge in [-0.1, -0.05) is 60.5 Å². The van der Waals surface area contributed by atoms with Crippen LogP contribution in [-0.4, -0.2) is 69.2 Å². The van der Waals surface area contributed by atoms with E-state index in [1.807, 2.05) is 6.92 Å². The molecule has 0 aromatic heterocycles.